The van der Waals surface area contributed by atoms with Crippen LogP contribution in [-0.2, 0) is 4.74 Å². The second kappa shape index (κ2) is 7.06. The van der Waals surface area contributed by atoms with E-state index in [4.69, 9.17) is 4.74 Å². The molecule has 7 nitrogen and oxygen atoms in total. The van der Waals surface area contributed by atoms with Crippen molar-refractivity contribution in [3.05, 3.63) is 28.3 Å². The average Bonchev–Trinajstić information content (AvgIpc) is 2.47. The van der Waals surface area contributed by atoms with Crippen molar-refractivity contribution in [2.45, 2.75) is 0 Å². The summed E-state index contributed by atoms with van der Waals surface area (Å²) >= 11 is 0. The lowest BCUT2D eigenvalue weighted by atomic mass is 10.2. The minimum Gasteiger partial charge on any atom is -0.382 e. The predicted octanol–water partition coefficient (Wildman–Crippen LogP) is 1.38. The molecule has 0 unspecified atom stereocenters. The van der Waals surface area contributed by atoms with Gasteiger partial charge in [0, 0.05) is 33.2 Å². The van der Waals surface area contributed by atoms with Gasteiger partial charge in [-0.15, -0.1) is 0 Å². The highest BCUT2D eigenvalue weighted by molar-refractivity contribution is 5.75. The summed E-state index contributed by atoms with van der Waals surface area (Å²) in [7, 11) is 1.68. The summed E-state index contributed by atoms with van der Waals surface area (Å²) in [6.45, 7) is 4.88. The zero-order valence-electron chi connectivity index (χ0n) is 11.6. The van der Waals surface area contributed by atoms with Crippen LogP contribution in [0, 0.1) is 10.1 Å². The fraction of sp³-hybridized carbons (Fsp3) is 0.538. The Morgan fingerprint density at radius 1 is 1.35 bits per heavy atom. The normalized spacial score (nSPS) is 15.8. The molecule has 110 valence electrons. The minimum absolute atomic E-state index is 0.0944. The van der Waals surface area contributed by atoms with Crippen LogP contribution in [0.25, 0.3) is 0 Å². The Balaban J connectivity index is 1.96. The SMILES string of the molecule is CNc1cccc(NCCN2CCOCC2)c1[N+](=O)[O-]. The van der Waals surface area contributed by atoms with E-state index in [1.54, 1.807) is 25.2 Å². The average molecular weight is 280 g/mol. The largest absolute Gasteiger partial charge is 0.382 e. The molecule has 0 bridgehead atoms. The summed E-state index contributed by atoms with van der Waals surface area (Å²) in [6, 6.07) is 5.24. The monoisotopic (exact) mass is 280 g/mol. The Kier molecular flexibility index (Phi) is 5.14. The van der Waals surface area contributed by atoms with Crippen LogP contribution in [-0.4, -0.2) is 56.3 Å². The molecule has 1 saturated heterocycles. The van der Waals surface area contributed by atoms with Crippen molar-refractivity contribution in [2.75, 3.05) is 57.1 Å². The van der Waals surface area contributed by atoms with E-state index in [0.717, 1.165) is 32.8 Å². The number of hydrogen-bond donors (Lipinski definition) is 2. The lowest BCUT2D eigenvalue weighted by molar-refractivity contribution is -0.383. The Labute approximate surface area is 118 Å². The third-order valence-corrected chi connectivity index (χ3v) is 3.34. The smallest absolute Gasteiger partial charge is 0.315 e. The first-order valence-electron chi connectivity index (χ1n) is 6.71. The zero-order chi connectivity index (χ0) is 14.4. The number of ether oxygens (including phenoxy) is 1. The molecule has 2 rings (SSSR count). The predicted molar refractivity (Wildman–Crippen MR) is 78.4 cm³/mol. The molecule has 20 heavy (non-hydrogen) atoms. The van der Waals surface area contributed by atoms with Crippen molar-refractivity contribution in [3.8, 4) is 0 Å². The molecule has 0 spiro atoms. The van der Waals surface area contributed by atoms with Crippen LogP contribution >= 0.6 is 0 Å². The molecule has 1 fully saturated rings. The van der Waals surface area contributed by atoms with E-state index >= 15 is 0 Å². The number of morpholine rings is 1. The van der Waals surface area contributed by atoms with E-state index in [9.17, 15) is 10.1 Å². The van der Waals surface area contributed by atoms with E-state index < -0.39 is 0 Å². The zero-order valence-corrected chi connectivity index (χ0v) is 11.6. The Morgan fingerprint density at radius 3 is 2.70 bits per heavy atom. The third kappa shape index (κ3) is 3.58. The molecule has 0 saturated carbocycles. The number of nitro groups is 1. The molecule has 1 heterocycles. The van der Waals surface area contributed by atoms with Gasteiger partial charge in [0.1, 0.15) is 11.4 Å². The highest BCUT2D eigenvalue weighted by Crippen LogP contribution is 2.32. The van der Waals surface area contributed by atoms with Gasteiger partial charge in [0.25, 0.3) is 0 Å². The topological polar surface area (TPSA) is 79.7 Å². The maximum absolute atomic E-state index is 11.2. The van der Waals surface area contributed by atoms with Crippen molar-refractivity contribution >= 4 is 17.1 Å². The van der Waals surface area contributed by atoms with Crippen molar-refractivity contribution in [1.29, 1.82) is 0 Å². The molecule has 0 radical (unpaired) electrons. The maximum Gasteiger partial charge on any atom is 0.315 e. The van der Waals surface area contributed by atoms with Crippen molar-refractivity contribution in [3.63, 3.8) is 0 Å². The summed E-state index contributed by atoms with van der Waals surface area (Å²) in [5.74, 6) is 0. The highest BCUT2D eigenvalue weighted by Gasteiger charge is 2.18. The fourth-order valence-corrected chi connectivity index (χ4v) is 2.26. The number of nitrogens with one attached hydrogen (secondary N) is 2. The standard InChI is InChI=1S/C13H20N4O3/c1-14-11-3-2-4-12(13(11)17(18)19)15-5-6-16-7-9-20-10-8-16/h2-4,14-15H,5-10H2,1H3. The lowest BCUT2D eigenvalue weighted by Gasteiger charge is -2.26. The Morgan fingerprint density at radius 2 is 2.05 bits per heavy atom. The summed E-state index contributed by atoms with van der Waals surface area (Å²) in [6.07, 6.45) is 0. The van der Waals surface area contributed by atoms with Crippen LogP contribution in [0.2, 0.25) is 0 Å². The first-order chi connectivity index (χ1) is 9.72. The molecule has 0 aromatic heterocycles. The van der Waals surface area contributed by atoms with Gasteiger partial charge in [0.2, 0.25) is 0 Å². The first kappa shape index (κ1) is 14.5. The van der Waals surface area contributed by atoms with E-state index in [-0.39, 0.29) is 10.6 Å². The Bertz CT molecular complexity index is 461. The van der Waals surface area contributed by atoms with E-state index in [1.165, 1.54) is 0 Å². The third-order valence-electron chi connectivity index (χ3n) is 3.34. The number of anilines is 2. The number of nitrogens with zero attached hydrogens (tertiary/aromatic N) is 2. The number of nitro benzene ring substituents is 1. The number of hydrogen-bond acceptors (Lipinski definition) is 6. The highest BCUT2D eigenvalue weighted by atomic mass is 16.6. The van der Waals surface area contributed by atoms with Crippen LogP contribution in [0.15, 0.2) is 18.2 Å². The van der Waals surface area contributed by atoms with Crippen LogP contribution in [0.5, 0.6) is 0 Å². The van der Waals surface area contributed by atoms with Crippen LogP contribution in [0.1, 0.15) is 0 Å². The molecule has 0 amide bonds. The van der Waals surface area contributed by atoms with Gasteiger partial charge >= 0.3 is 5.69 Å². The second-order valence-electron chi connectivity index (χ2n) is 4.59. The van der Waals surface area contributed by atoms with Gasteiger partial charge in [-0.1, -0.05) is 6.07 Å². The molecular weight excluding hydrogens is 260 g/mol. The van der Waals surface area contributed by atoms with E-state index in [1.807, 2.05) is 0 Å². The molecule has 0 atom stereocenters. The molecule has 1 aromatic rings. The number of para-hydroxylation sites is 1. The minimum atomic E-state index is -0.358. The van der Waals surface area contributed by atoms with Gasteiger partial charge < -0.3 is 15.4 Å². The number of benzene rings is 1. The van der Waals surface area contributed by atoms with Gasteiger partial charge in [-0.2, -0.15) is 0 Å². The molecule has 7 heteroatoms. The van der Waals surface area contributed by atoms with Gasteiger partial charge in [-0.05, 0) is 12.1 Å². The van der Waals surface area contributed by atoms with Gasteiger partial charge in [-0.3, -0.25) is 15.0 Å². The van der Waals surface area contributed by atoms with Crippen molar-refractivity contribution < 1.29 is 9.66 Å². The van der Waals surface area contributed by atoms with Crippen LogP contribution < -0.4 is 10.6 Å². The lowest BCUT2D eigenvalue weighted by Crippen LogP contribution is -2.39. The van der Waals surface area contributed by atoms with Gasteiger partial charge in [0.05, 0.1) is 18.1 Å². The summed E-state index contributed by atoms with van der Waals surface area (Å²) in [5, 5.41) is 17.2. The Hall–Kier alpha value is -1.86. The van der Waals surface area contributed by atoms with Gasteiger partial charge in [0.15, 0.2) is 0 Å². The second-order valence-corrected chi connectivity index (χ2v) is 4.59. The fourth-order valence-electron chi connectivity index (χ4n) is 2.26. The van der Waals surface area contributed by atoms with Crippen molar-refractivity contribution in [1.82, 2.24) is 4.90 Å². The summed E-state index contributed by atoms with van der Waals surface area (Å²) in [5.41, 5.74) is 1.17. The molecule has 2 N–H and O–H groups in total. The van der Waals surface area contributed by atoms with E-state index in [2.05, 4.69) is 15.5 Å². The molecular formula is C13H20N4O3. The van der Waals surface area contributed by atoms with Crippen LogP contribution in [0.4, 0.5) is 17.1 Å². The molecule has 1 aromatic carbocycles. The summed E-state index contributed by atoms with van der Waals surface area (Å²) < 4.78 is 5.29. The number of rotatable bonds is 6. The van der Waals surface area contributed by atoms with Crippen LogP contribution in [0.3, 0.4) is 0 Å². The summed E-state index contributed by atoms with van der Waals surface area (Å²) in [4.78, 5) is 13.1. The molecule has 1 aliphatic rings. The quantitative estimate of drug-likeness (QED) is 0.605. The van der Waals surface area contributed by atoms with E-state index in [0.29, 0.717) is 17.9 Å². The maximum atomic E-state index is 11.2. The molecule has 0 aliphatic carbocycles. The van der Waals surface area contributed by atoms with Crippen molar-refractivity contribution in [2.24, 2.45) is 0 Å². The van der Waals surface area contributed by atoms with Gasteiger partial charge in [-0.25, -0.2) is 0 Å². The molecule has 1 aliphatic heterocycles. The first-order valence-corrected chi connectivity index (χ1v) is 6.71.